The first-order valence-corrected chi connectivity index (χ1v) is 15.2. The molecule has 12 atom stereocenters. The van der Waals surface area contributed by atoms with Gasteiger partial charge in [-0.15, -0.1) is 0 Å². The molecule has 2 saturated heterocycles. The van der Waals surface area contributed by atoms with Gasteiger partial charge in [0, 0.05) is 11.5 Å². The first-order chi connectivity index (χ1) is 22.9. The van der Waals surface area contributed by atoms with E-state index >= 15 is 0 Å². The second kappa shape index (κ2) is 17.0. The molecule has 0 spiro atoms. The highest BCUT2D eigenvalue weighted by molar-refractivity contribution is 5.90. The van der Waals surface area contributed by atoms with Crippen LogP contribution in [0.1, 0.15) is 18.9 Å². The maximum atomic E-state index is 13.1. The van der Waals surface area contributed by atoms with E-state index in [2.05, 4.69) is 0 Å². The van der Waals surface area contributed by atoms with E-state index in [1.807, 2.05) is 0 Å². The number of aliphatic hydroxyl groups excluding tert-OH is 7. The molecular weight excluding hydrogens is 644 g/mol. The number of aromatic hydroxyl groups is 1. The number of hydrogen-bond acceptors (Lipinski definition) is 17. The van der Waals surface area contributed by atoms with Gasteiger partial charge >= 0.3 is 11.9 Å². The lowest BCUT2D eigenvalue weighted by molar-refractivity contribution is -0.327. The monoisotopic (exact) mass is 686 g/mol. The highest BCUT2D eigenvalue weighted by Gasteiger charge is 2.48. The van der Waals surface area contributed by atoms with Crippen molar-refractivity contribution in [2.24, 2.45) is 5.92 Å². The topological polar surface area (TPSA) is 261 Å². The predicted molar refractivity (Wildman–Crippen MR) is 157 cm³/mol. The first-order valence-electron chi connectivity index (χ1n) is 15.2. The number of carbonyl (C=O) groups excluding carboxylic acids is 2. The Morgan fingerprint density at radius 1 is 0.875 bits per heavy atom. The molecule has 1 aromatic rings. The van der Waals surface area contributed by atoms with Crippen molar-refractivity contribution in [1.29, 1.82) is 0 Å². The van der Waals surface area contributed by atoms with E-state index in [0.29, 0.717) is 6.42 Å². The van der Waals surface area contributed by atoms with Crippen molar-refractivity contribution in [2.45, 2.75) is 87.5 Å². The van der Waals surface area contributed by atoms with Crippen LogP contribution in [0.3, 0.4) is 0 Å². The van der Waals surface area contributed by atoms with Crippen molar-refractivity contribution in [3.63, 3.8) is 0 Å². The molecule has 8 N–H and O–H groups in total. The molecule has 17 heteroatoms. The van der Waals surface area contributed by atoms with E-state index in [1.165, 1.54) is 18.2 Å². The van der Waals surface area contributed by atoms with Crippen LogP contribution in [0.4, 0.5) is 0 Å². The quantitative estimate of drug-likeness (QED) is 0.0834. The second-order valence-corrected chi connectivity index (χ2v) is 11.4. The van der Waals surface area contributed by atoms with Crippen molar-refractivity contribution in [3.05, 3.63) is 53.3 Å². The van der Waals surface area contributed by atoms with E-state index in [9.17, 15) is 50.4 Å². The van der Waals surface area contributed by atoms with Gasteiger partial charge in [0.25, 0.3) is 0 Å². The fourth-order valence-electron chi connectivity index (χ4n) is 5.47. The lowest BCUT2D eigenvalue weighted by Crippen LogP contribution is -2.60. The number of phenolic OH excluding ortho intramolecular Hbond substituents is 1. The molecule has 3 aliphatic rings. The molecule has 0 unspecified atom stereocenters. The third-order valence-electron chi connectivity index (χ3n) is 8.29. The summed E-state index contributed by atoms with van der Waals surface area (Å²) in [6.07, 6.45) is -14.6. The van der Waals surface area contributed by atoms with Gasteiger partial charge in [0.2, 0.25) is 6.29 Å². The smallest absolute Gasteiger partial charge is 0.337 e. The molecule has 1 aromatic carbocycles. The standard InChI is InChI=1S/C31H42O17/c1-3-16-17(18(28(41)42-2)12-45-29(16)48-31-27(40)24(37)22(35)19(11-32)46-31)10-21(34)44-13-20-23(36)25(38)26(39)30(47-20)43-9-8-14-4-6-15(33)7-5-14/h3-7,12,17,19-20,22-27,29-33,35-40H,8-11,13H2,1-2H3/b16-3+/t17-,19-,20+,22+,23+,24-,25-,26+,27+,29-,30+,31-/m0/s1. The molecule has 3 heterocycles. The third-order valence-corrected chi connectivity index (χ3v) is 8.29. The van der Waals surface area contributed by atoms with Crippen LogP contribution in [0.25, 0.3) is 0 Å². The molecule has 2 fully saturated rings. The predicted octanol–water partition coefficient (Wildman–Crippen LogP) is -2.52. The first kappa shape index (κ1) is 37.6. The van der Waals surface area contributed by atoms with Crippen LogP contribution in [-0.2, 0) is 49.2 Å². The molecule has 268 valence electrons. The van der Waals surface area contributed by atoms with Gasteiger partial charge in [0.15, 0.2) is 12.6 Å². The molecular formula is C31H42O17. The highest BCUT2D eigenvalue weighted by Crippen LogP contribution is 2.36. The second-order valence-electron chi connectivity index (χ2n) is 11.4. The van der Waals surface area contributed by atoms with Crippen LogP contribution >= 0.6 is 0 Å². The summed E-state index contributed by atoms with van der Waals surface area (Å²) in [5, 5.41) is 80.8. The summed E-state index contributed by atoms with van der Waals surface area (Å²) in [5.41, 5.74) is 0.922. The lowest BCUT2D eigenvalue weighted by Gasteiger charge is -2.42. The van der Waals surface area contributed by atoms with Gasteiger partial charge in [0.05, 0.1) is 38.6 Å². The van der Waals surface area contributed by atoms with Crippen molar-refractivity contribution in [3.8, 4) is 5.75 Å². The SMILES string of the molecule is C/C=C1/[C@H](O[C@@H]2O[C@@H](CO)[C@@H](O)[C@H](O)[C@H]2O)OC=C(C(=O)OC)[C@H]1CC(=O)OC[C@H]1O[C@@H](OCCc2ccc(O)cc2)[C@H](O)[C@@H](O)[C@@H]1O. The summed E-state index contributed by atoms with van der Waals surface area (Å²) in [5.74, 6) is -2.69. The molecule has 48 heavy (non-hydrogen) atoms. The Bertz CT molecular complexity index is 1280. The van der Waals surface area contributed by atoms with Gasteiger partial charge in [-0.25, -0.2) is 4.79 Å². The average Bonchev–Trinajstić information content (AvgIpc) is 3.08. The number of allylic oxidation sites excluding steroid dienone is 1. The van der Waals surface area contributed by atoms with Crippen molar-refractivity contribution < 1.29 is 83.6 Å². The summed E-state index contributed by atoms with van der Waals surface area (Å²) in [4.78, 5) is 25.7. The van der Waals surface area contributed by atoms with Crippen molar-refractivity contribution >= 4 is 11.9 Å². The number of carbonyl (C=O) groups is 2. The lowest BCUT2D eigenvalue weighted by atomic mass is 9.86. The van der Waals surface area contributed by atoms with Gasteiger partial charge in [0.1, 0.15) is 61.2 Å². The molecule has 0 aromatic heterocycles. The molecule has 0 amide bonds. The molecule has 0 saturated carbocycles. The van der Waals surface area contributed by atoms with Crippen LogP contribution in [0.2, 0.25) is 0 Å². The normalized spacial score (nSPS) is 36.2. The molecule has 17 nitrogen and oxygen atoms in total. The zero-order valence-electron chi connectivity index (χ0n) is 26.2. The van der Waals surface area contributed by atoms with E-state index < -0.39 is 105 Å². The van der Waals surface area contributed by atoms with Gasteiger partial charge in [-0.3, -0.25) is 4.79 Å². The number of esters is 2. The van der Waals surface area contributed by atoms with E-state index in [1.54, 1.807) is 19.1 Å². The summed E-state index contributed by atoms with van der Waals surface area (Å²) < 4.78 is 38.0. The molecule has 3 aliphatic heterocycles. The summed E-state index contributed by atoms with van der Waals surface area (Å²) in [6.45, 7) is 0.335. The zero-order chi connectivity index (χ0) is 35.1. The molecule has 0 radical (unpaired) electrons. The Balaban J connectivity index is 1.39. The van der Waals surface area contributed by atoms with E-state index in [-0.39, 0.29) is 23.5 Å². The minimum Gasteiger partial charge on any atom is -0.508 e. The van der Waals surface area contributed by atoms with Crippen molar-refractivity contribution in [1.82, 2.24) is 0 Å². The highest BCUT2D eigenvalue weighted by atomic mass is 16.8. The summed E-state index contributed by atoms with van der Waals surface area (Å²) in [7, 11) is 1.12. The Morgan fingerprint density at radius 3 is 2.12 bits per heavy atom. The number of rotatable bonds is 12. The molecule has 4 rings (SSSR count). The average molecular weight is 687 g/mol. The Labute approximate surface area is 275 Å². The van der Waals surface area contributed by atoms with Gasteiger partial charge in [-0.05, 0) is 31.0 Å². The number of hydrogen-bond donors (Lipinski definition) is 8. The number of aliphatic hydroxyl groups is 7. The van der Waals surface area contributed by atoms with Crippen LogP contribution in [0, 0.1) is 5.92 Å². The minimum absolute atomic E-state index is 0.0483. The molecule has 0 aliphatic carbocycles. The maximum absolute atomic E-state index is 13.1. The summed E-state index contributed by atoms with van der Waals surface area (Å²) in [6, 6.07) is 6.37. The number of ether oxygens (including phenoxy) is 7. The fourth-order valence-corrected chi connectivity index (χ4v) is 5.47. The van der Waals surface area contributed by atoms with Crippen LogP contribution in [0.15, 0.2) is 47.7 Å². The number of phenols is 1. The Morgan fingerprint density at radius 2 is 1.50 bits per heavy atom. The maximum Gasteiger partial charge on any atom is 0.337 e. The Kier molecular flexibility index (Phi) is 13.3. The van der Waals surface area contributed by atoms with Gasteiger partial charge in [-0.1, -0.05) is 18.2 Å². The minimum atomic E-state index is -1.75. The van der Waals surface area contributed by atoms with E-state index in [0.717, 1.165) is 18.9 Å². The van der Waals surface area contributed by atoms with Crippen molar-refractivity contribution in [2.75, 3.05) is 26.9 Å². The Hall–Kier alpha value is -3.20. The summed E-state index contributed by atoms with van der Waals surface area (Å²) >= 11 is 0. The van der Waals surface area contributed by atoms with Gasteiger partial charge in [-0.2, -0.15) is 0 Å². The van der Waals surface area contributed by atoms with E-state index in [4.69, 9.17) is 33.2 Å². The third kappa shape index (κ3) is 8.68. The van der Waals surface area contributed by atoms with Crippen LogP contribution < -0.4 is 0 Å². The van der Waals surface area contributed by atoms with Crippen LogP contribution in [0.5, 0.6) is 5.75 Å². The van der Waals surface area contributed by atoms with Gasteiger partial charge < -0.3 is 74.0 Å². The molecule has 0 bridgehead atoms. The zero-order valence-corrected chi connectivity index (χ0v) is 26.2. The largest absolute Gasteiger partial charge is 0.508 e. The number of methoxy groups -OCH3 is 1. The number of benzene rings is 1. The fraction of sp³-hybridized carbons (Fsp3) is 0.613. The van der Waals surface area contributed by atoms with Crippen LogP contribution in [-0.4, -0.2) is 147 Å².